The summed E-state index contributed by atoms with van der Waals surface area (Å²) in [6.45, 7) is 0. The Kier molecular flexibility index (Phi) is 7.61. The number of hydrogen-bond acceptors (Lipinski definition) is 1. The van der Waals surface area contributed by atoms with Crippen molar-refractivity contribution in [2.24, 2.45) is 0 Å². The fraction of sp³-hybridized carbons (Fsp3) is 0. The lowest BCUT2D eigenvalue weighted by molar-refractivity contribution is 0.487. The van der Waals surface area contributed by atoms with Gasteiger partial charge >= 0.3 is 0 Å². The summed E-state index contributed by atoms with van der Waals surface area (Å²) in [6, 6.07) is 79.5. The van der Waals surface area contributed by atoms with Crippen LogP contribution in [0.25, 0.3) is 110 Å². The molecule has 1 aliphatic rings. The van der Waals surface area contributed by atoms with Crippen molar-refractivity contribution in [2.75, 3.05) is 0 Å². The fourth-order valence-corrected chi connectivity index (χ4v) is 9.58. The van der Waals surface area contributed by atoms with Crippen molar-refractivity contribution in [1.82, 2.24) is 0 Å². The van der Waals surface area contributed by atoms with Crippen molar-refractivity contribution in [3.63, 3.8) is 0 Å². The SMILES string of the molecule is c1ccc(-c2cc(-c3ccc4c(c3)-c3cccc5c(-c6ccccc6)ccc(c35)O4)cc(-c3c4ccccc4c(-c4ccccc4)c4c3ccc3ccccc34)c2)cc1. The molecule has 0 saturated carbocycles. The van der Waals surface area contributed by atoms with Crippen LogP contribution in [0.5, 0.6) is 11.5 Å². The summed E-state index contributed by atoms with van der Waals surface area (Å²) in [5.41, 5.74) is 14.3. The summed E-state index contributed by atoms with van der Waals surface area (Å²) >= 11 is 0. The lowest BCUT2D eigenvalue weighted by atomic mass is 9.82. The van der Waals surface area contributed by atoms with E-state index >= 15 is 0 Å². The van der Waals surface area contributed by atoms with Crippen LogP contribution in [0.3, 0.4) is 0 Å². The average Bonchev–Trinajstić information content (AvgIpc) is 3.31. The molecule has 11 aromatic rings. The molecule has 1 heterocycles. The smallest absolute Gasteiger partial charge is 0.135 e. The third-order valence-electron chi connectivity index (χ3n) is 12.2. The molecule has 59 heavy (non-hydrogen) atoms. The Balaban J connectivity index is 1.12. The molecule has 0 saturated heterocycles. The maximum atomic E-state index is 6.70. The Bertz CT molecular complexity index is 3440. The topological polar surface area (TPSA) is 9.23 Å². The molecule has 0 amide bonds. The molecule has 0 atom stereocenters. The molecule has 0 aromatic heterocycles. The quantitative estimate of drug-likeness (QED) is 0.126. The van der Waals surface area contributed by atoms with Gasteiger partial charge in [0, 0.05) is 10.9 Å². The summed E-state index contributed by atoms with van der Waals surface area (Å²) in [7, 11) is 0. The summed E-state index contributed by atoms with van der Waals surface area (Å²) in [6.07, 6.45) is 0. The molecule has 11 aromatic carbocycles. The zero-order valence-electron chi connectivity index (χ0n) is 32.2. The third-order valence-corrected chi connectivity index (χ3v) is 12.2. The molecular formula is C58H36O. The van der Waals surface area contributed by atoms with Crippen LogP contribution in [0.15, 0.2) is 218 Å². The van der Waals surface area contributed by atoms with Gasteiger partial charge in [-0.2, -0.15) is 0 Å². The van der Waals surface area contributed by atoms with E-state index in [0.29, 0.717) is 0 Å². The van der Waals surface area contributed by atoms with Crippen molar-refractivity contribution in [3.05, 3.63) is 218 Å². The Morgan fingerprint density at radius 1 is 0.237 bits per heavy atom. The highest BCUT2D eigenvalue weighted by Crippen LogP contribution is 2.51. The van der Waals surface area contributed by atoms with Gasteiger partial charge < -0.3 is 4.74 Å². The van der Waals surface area contributed by atoms with E-state index in [2.05, 4.69) is 218 Å². The zero-order valence-corrected chi connectivity index (χ0v) is 32.2. The van der Waals surface area contributed by atoms with Crippen molar-refractivity contribution in [2.45, 2.75) is 0 Å². The van der Waals surface area contributed by atoms with Gasteiger partial charge in [-0.1, -0.05) is 182 Å². The van der Waals surface area contributed by atoms with E-state index in [4.69, 9.17) is 4.74 Å². The number of fused-ring (bicyclic) bond motifs is 6. The van der Waals surface area contributed by atoms with E-state index in [1.807, 2.05) is 0 Å². The van der Waals surface area contributed by atoms with Crippen LogP contribution in [0.1, 0.15) is 0 Å². The van der Waals surface area contributed by atoms with Crippen LogP contribution in [0.2, 0.25) is 0 Å². The first kappa shape index (κ1) is 33.4. The maximum absolute atomic E-state index is 6.70. The van der Waals surface area contributed by atoms with Gasteiger partial charge in [0.15, 0.2) is 0 Å². The summed E-state index contributed by atoms with van der Waals surface area (Å²) < 4.78 is 6.70. The Labute approximate surface area is 343 Å². The molecule has 0 radical (unpaired) electrons. The number of benzene rings is 11. The van der Waals surface area contributed by atoms with Crippen LogP contribution in [0.4, 0.5) is 0 Å². The molecule has 0 N–H and O–H groups in total. The molecule has 0 bridgehead atoms. The lowest BCUT2D eigenvalue weighted by Crippen LogP contribution is -1.98. The number of hydrogen-bond donors (Lipinski definition) is 0. The standard InChI is InChI=1S/C58H36O/c1-4-15-37(16-5-1)42-33-43(41-28-31-53-52(36-41)50-26-14-25-47-45(38-17-6-2-7-18-38)30-32-54(59-53)57(47)50)35-44(34-42)55-48-23-12-13-24-49(48)56(40-20-8-3-9-21-40)58-46-22-11-10-19-39(46)27-29-51(55)58/h1-36H. The van der Waals surface area contributed by atoms with Crippen molar-refractivity contribution >= 4 is 43.1 Å². The van der Waals surface area contributed by atoms with E-state index in [-0.39, 0.29) is 0 Å². The van der Waals surface area contributed by atoms with Gasteiger partial charge in [0.05, 0.1) is 0 Å². The van der Waals surface area contributed by atoms with Gasteiger partial charge in [-0.3, -0.25) is 0 Å². The normalized spacial score (nSPS) is 11.9. The number of ether oxygens (including phenoxy) is 1. The largest absolute Gasteiger partial charge is 0.456 e. The summed E-state index contributed by atoms with van der Waals surface area (Å²) in [5.74, 6) is 1.77. The molecular weight excluding hydrogens is 713 g/mol. The van der Waals surface area contributed by atoms with Crippen LogP contribution in [-0.4, -0.2) is 0 Å². The van der Waals surface area contributed by atoms with Crippen molar-refractivity contribution in [3.8, 4) is 78.3 Å². The summed E-state index contributed by atoms with van der Waals surface area (Å²) in [4.78, 5) is 0. The molecule has 1 aliphatic heterocycles. The van der Waals surface area contributed by atoms with Gasteiger partial charge in [0.2, 0.25) is 0 Å². The maximum Gasteiger partial charge on any atom is 0.135 e. The van der Waals surface area contributed by atoms with E-state index in [1.165, 1.54) is 87.8 Å². The lowest BCUT2D eigenvalue weighted by Gasteiger charge is -2.23. The zero-order chi connectivity index (χ0) is 38.9. The first-order chi connectivity index (χ1) is 29.3. The molecule has 0 spiro atoms. The highest BCUT2D eigenvalue weighted by molar-refractivity contribution is 6.28. The van der Waals surface area contributed by atoms with Crippen molar-refractivity contribution in [1.29, 1.82) is 0 Å². The van der Waals surface area contributed by atoms with Gasteiger partial charge in [-0.15, -0.1) is 0 Å². The van der Waals surface area contributed by atoms with Gasteiger partial charge in [0.25, 0.3) is 0 Å². The highest BCUT2D eigenvalue weighted by Gasteiger charge is 2.24. The molecule has 1 heteroatoms. The average molecular weight is 749 g/mol. The van der Waals surface area contributed by atoms with Gasteiger partial charge in [-0.25, -0.2) is 0 Å². The fourth-order valence-electron chi connectivity index (χ4n) is 9.58. The minimum Gasteiger partial charge on any atom is -0.456 e. The predicted octanol–water partition coefficient (Wildman–Crippen LogP) is 16.4. The van der Waals surface area contributed by atoms with E-state index < -0.39 is 0 Å². The third kappa shape index (κ3) is 5.40. The first-order valence-electron chi connectivity index (χ1n) is 20.3. The minimum atomic E-state index is 0.876. The second kappa shape index (κ2) is 13.4. The molecule has 274 valence electrons. The van der Waals surface area contributed by atoms with E-state index in [1.54, 1.807) is 0 Å². The van der Waals surface area contributed by atoms with E-state index in [9.17, 15) is 0 Å². The molecule has 1 nitrogen and oxygen atoms in total. The van der Waals surface area contributed by atoms with Crippen LogP contribution >= 0.6 is 0 Å². The minimum absolute atomic E-state index is 0.876. The Morgan fingerprint density at radius 2 is 0.831 bits per heavy atom. The summed E-state index contributed by atoms with van der Waals surface area (Å²) in [5, 5.41) is 9.85. The van der Waals surface area contributed by atoms with Crippen LogP contribution < -0.4 is 4.74 Å². The van der Waals surface area contributed by atoms with Crippen molar-refractivity contribution < 1.29 is 4.74 Å². The van der Waals surface area contributed by atoms with Crippen LogP contribution in [-0.2, 0) is 0 Å². The van der Waals surface area contributed by atoms with Gasteiger partial charge in [-0.05, 0) is 135 Å². The van der Waals surface area contributed by atoms with Crippen LogP contribution in [0, 0.1) is 0 Å². The molecule has 0 fully saturated rings. The highest BCUT2D eigenvalue weighted by atomic mass is 16.5. The second-order valence-corrected chi connectivity index (χ2v) is 15.6. The Morgan fingerprint density at radius 3 is 1.59 bits per heavy atom. The van der Waals surface area contributed by atoms with Gasteiger partial charge in [0.1, 0.15) is 11.5 Å². The second-order valence-electron chi connectivity index (χ2n) is 15.6. The molecule has 0 unspecified atom stereocenters. The molecule has 12 rings (SSSR count). The monoisotopic (exact) mass is 748 g/mol. The number of rotatable bonds is 5. The Hall–Kier alpha value is -7.74. The predicted molar refractivity (Wildman–Crippen MR) is 249 cm³/mol. The molecule has 0 aliphatic carbocycles. The van der Waals surface area contributed by atoms with E-state index in [0.717, 1.165) is 33.6 Å². The first-order valence-corrected chi connectivity index (χ1v) is 20.3.